The van der Waals surface area contributed by atoms with Crippen LogP contribution in [-0.2, 0) is 0 Å². The minimum absolute atomic E-state index is 0.0111. The highest BCUT2D eigenvalue weighted by Crippen LogP contribution is 2.38. The van der Waals surface area contributed by atoms with E-state index in [1.165, 1.54) is 12.4 Å². The fraction of sp³-hybridized carbons (Fsp3) is 0.263. The molecule has 0 amide bonds. The molecule has 4 heterocycles. The highest BCUT2D eigenvalue weighted by Gasteiger charge is 2.38. The first kappa shape index (κ1) is 18.4. The summed E-state index contributed by atoms with van der Waals surface area (Å²) in [5, 5.41) is 13.3. The van der Waals surface area contributed by atoms with Gasteiger partial charge in [-0.2, -0.15) is 18.9 Å². The number of rotatable bonds is 3. The van der Waals surface area contributed by atoms with Gasteiger partial charge < -0.3 is 14.1 Å². The molecule has 0 saturated carbocycles. The molecule has 0 aliphatic carbocycles. The van der Waals surface area contributed by atoms with Crippen LogP contribution in [0.5, 0.6) is 5.75 Å². The lowest BCUT2D eigenvalue weighted by Gasteiger charge is -2.21. The average Bonchev–Trinajstić information content (AvgIpc) is 3.41. The summed E-state index contributed by atoms with van der Waals surface area (Å²) in [6.45, 7) is 3.88. The Morgan fingerprint density at radius 2 is 2.10 bits per heavy atom. The molecule has 2 aromatic heterocycles. The van der Waals surface area contributed by atoms with Gasteiger partial charge in [-0.15, -0.1) is 10.2 Å². The Morgan fingerprint density at radius 3 is 2.87 bits per heavy atom. The number of fused-ring (bicyclic) bond motifs is 2. The molecule has 3 aromatic rings. The highest BCUT2D eigenvalue weighted by atomic mass is 19.3. The molecule has 0 fully saturated rings. The summed E-state index contributed by atoms with van der Waals surface area (Å²) in [7, 11) is 0. The molecule has 1 unspecified atom stereocenters. The molecule has 8 nitrogen and oxygen atoms in total. The number of aliphatic imine (C=N–C) groups is 1. The van der Waals surface area contributed by atoms with E-state index < -0.39 is 24.1 Å². The Bertz CT molecular complexity index is 1240. The lowest BCUT2D eigenvalue weighted by atomic mass is 10.0. The van der Waals surface area contributed by atoms with E-state index in [9.17, 15) is 13.2 Å². The van der Waals surface area contributed by atoms with Crippen LogP contribution in [0, 0.1) is 12.7 Å². The number of aromatic amines is 1. The van der Waals surface area contributed by atoms with E-state index in [0.717, 1.165) is 5.69 Å². The van der Waals surface area contributed by atoms with Crippen LogP contribution < -0.4 is 4.74 Å². The molecule has 30 heavy (non-hydrogen) atoms. The smallest absolute Gasteiger partial charge is 0.314 e. The van der Waals surface area contributed by atoms with Crippen molar-refractivity contribution in [3.8, 4) is 5.75 Å². The Labute approximate surface area is 167 Å². The first-order valence-electron chi connectivity index (χ1n) is 9.08. The normalized spacial score (nSPS) is 18.5. The van der Waals surface area contributed by atoms with E-state index in [0.29, 0.717) is 22.2 Å². The predicted octanol–water partition coefficient (Wildman–Crippen LogP) is 4.04. The van der Waals surface area contributed by atoms with Crippen LogP contribution in [0.15, 0.2) is 44.0 Å². The van der Waals surface area contributed by atoms with Crippen molar-refractivity contribution in [1.29, 1.82) is 0 Å². The molecular weight excluding hydrogens is 401 g/mol. The number of alkyl halides is 2. The van der Waals surface area contributed by atoms with Gasteiger partial charge in [-0.3, -0.25) is 5.01 Å². The summed E-state index contributed by atoms with van der Waals surface area (Å²) < 4.78 is 51.4. The molecule has 0 spiro atoms. The third-order valence-corrected chi connectivity index (χ3v) is 5.06. The third-order valence-electron chi connectivity index (χ3n) is 5.06. The van der Waals surface area contributed by atoms with Gasteiger partial charge in [-0.25, -0.2) is 4.39 Å². The standard InChI is InChI=1S/C19H15F3N6O2/c1-8-5-10-12(25-8)3-4-13(14(10)20)29-18-15-9(2)11(6-28(15)24-7-23-18)17-26-27-19(30-17)16(21)22/h3-5,7,11,16,25H,6H2,1-2H3. The number of aromatic nitrogens is 3. The van der Waals surface area contributed by atoms with Crippen molar-refractivity contribution in [3.63, 3.8) is 0 Å². The van der Waals surface area contributed by atoms with Crippen molar-refractivity contribution < 1.29 is 22.3 Å². The quantitative estimate of drug-likeness (QED) is 0.696. The molecule has 2 aliphatic heterocycles. The number of nitrogens with zero attached hydrogens (tertiary/aromatic N) is 5. The van der Waals surface area contributed by atoms with Gasteiger partial charge in [-0.05, 0) is 37.6 Å². The summed E-state index contributed by atoms with van der Waals surface area (Å²) in [4.78, 5) is 7.21. The number of ether oxygens (including phenoxy) is 1. The van der Waals surface area contributed by atoms with Crippen LogP contribution >= 0.6 is 0 Å². The Hall–Kier alpha value is -3.63. The monoisotopic (exact) mass is 416 g/mol. The molecule has 11 heteroatoms. The molecule has 1 aromatic carbocycles. The van der Waals surface area contributed by atoms with E-state index in [1.807, 2.05) is 6.92 Å². The van der Waals surface area contributed by atoms with Gasteiger partial charge in [0, 0.05) is 16.6 Å². The summed E-state index contributed by atoms with van der Waals surface area (Å²) in [5.74, 6) is -1.52. The Morgan fingerprint density at radius 1 is 1.27 bits per heavy atom. The van der Waals surface area contributed by atoms with Gasteiger partial charge in [0.2, 0.25) is 11.8 Å². The average molecular weight is 416 g/mol. The van der Waals surface area contributed by atoms with Crippen LogP contribution in [0.1, 0.15) is 36.7 Å². The van der Waals surface area contributed by atoms with Crippen LogP contribution in [-0.4, -0.2) is 39.0 Å². The number of nitrogens with one attached hydrogen (secondary N) is 1. The topological polar surface area (TPSA) is 91.9 Å². The van der Waals surface area contributed by atoms with Crippen molar-refractivity contribution in [2.45, 2.75) is 26.2 Å². The lowest BCUT2D eigenvalue weighted by Crippen LogP contribution is -2.27. The SMILES string of the molecule is CC1=C2C(Oc3ccc4[nH]c(C)cc4c3F)=NC=NN2CC1c1nnc(C(F)F)o1. The fourth-order valence-electron chi connectivity index (χ4n) is 3.64. The molecule has 154 valence electrons. The minimum Gasteiger partial charge on any atom is -0.434 e. The lowest BCUT2D eigenvalue weighted by molar-refractivity contribution is 0.113. The number of H-pyrrole nitrogens is 1. The van der Waals surface area contributed by atoms with E-state index in [1.54, 1.807) is 24.1 Å². The van der Waals surface area contributed by atoms with E-state index in [-0.39, 0.29) is 24.1 Å². The summed E-state index contributed by atoms with van der Waals surface area (Å²) in [6.07, 6.45) is -1.57. The van der Waals surface area contributed by atoms with Gasteiger partial charge in [-0.1, -0.05) is 0 Å². The molecule has 0 saturated heterocycles. The van der Waals surface area contributed by atoms with E-state index in [4.69, 9.17) is 9.15 Å². The van der Waals surface area contributed by atoms with Crippen LogP contribution in [0.4, 0.5) is 13.2 Å². The molecule has 1 N–H and O–H groups in total. The Balaban J connectivity index is 1.49. The second kappa shape index (κ2) is 6.71. The van der Waals surface area contributed by atoms with Crippen molar-refractivity contribution >= 4 is 23.1 Å². The first-order chi connectivity index (χ1) is 14.4. The largest absolute Gasteiger partial charge is 0.434 e. The number of benzene rings is 1. The second-order valence-corrected chi connectivity index (χ2v) is 7.00. The summed E-state index contributed by atoms with van der Waals surface area (Å²) in [5.41, 5.74) is 2.68. The van der Waals surface area contributed by atoms with Gasteiger partial charge in [0.15, 0.2) is 11.6 Å². The van der Waals surface area contributed by atoms with Crippen molar-refractivity contribution in [1.82, 2.24) is 20.2 Å². The maximum absolute atomic E-state index is 14.9. The molecule has 5 rings (SSSR count). The van der Waals surface area contributed by atoms with Gasteiger partial charge in [0.05, 0.1) is 12.5 Å². The van der Waals surface area contributed by atoms with Crippen LogP contribution in [0.3, 0.4) is 0 Å². The zero-order chi connectivity index (χ0) is 21.0. The third kappa shape index (κ3) is 2.85. The highest BCUT2D eigenvalue weighted by molar-refractivity contribution is 6.01. The predicted molar refractivity (Wildman–Crippen MR) is 101 cm³/mol. The van der Waals surface area contributed by atoms with E-state index >= 15 is 0 Å². The maximum Gasteiger partial charge on any atom is 0.314 e. The van der Waals surface area contributed by atoms with Gasteiger partial charge in [0.25, 0.3) is 5.89 Å². The number of aryl methyl sites for hydroxylation is 1. The molecule has 1 atom stereocenters. The number of halogens is 3. The number of hydrazone groups is 1. The van der Waals surface area contributed by atoms with Crippen LogP contribution in [0.25, 0.3) is 10.9 Å². The maximum atomic E-state index is 14.9. The molecule has 0 radical (unpaired) electrons. The minimum atomic E-state index is -2.85. The Kier molecular flexibility index (Phi) is 4.12. The van der Waals surface area contributed by atoms with Crippen LogP contribution in [0.2, 0.25) is 0 Å². The molecular formula is C19H15F3N6O2. The molecule has 2 aliphatic rings. The van der Waals surface area contributed by atoms with Crippen molar-refractivity contribution in [3.05, 3.63) is 52.8 Å². The van der Waals surface area contributed by atoms with Gasteiger partial charge >= 0.3 is 6.43 Å². The van der Waals surface area contributed by atoms with Gasteiger partial charge in [0.1, 0.15) is 12.0 Å². The zero-order valence-electron chi connectivity index (χ0n) is 15.9. The summed E-state index contributed by atoms with van der Waals surface area (Å²) >= 11 is 0. The van der Waals surface area contributed by atoms with Crippen molar-refractivity contribution in [2.75, 3.05) is 6.54 Å². The number of hydrogen-bond acceptors (Lipinski definition) is 7. The second-order valence-electron chi connectivity index (χ2n) is 7.00. The zero-order valence-corrected chi connectivity index (χ0v) is 15.9. The first-order valence-corrected chi connectivity index (χ1v) is 9.08. The number of hydrogen-bond donors (Lipinski definition) is 1. The molecule has 0 bridgehead atoms. The summed E-state index contributed by atoms with van der Waals surface area (Å²) in [6, 6.07) is 4.93. The van der Waals surface area contributed by atoms with E-state index in [2.05, 4.69) is 25.3 Å². The fourth-order valence-corrected chi connectivity index (χ4v) is 3.64. The van der Waals surface area contributed by atoms with Crippen molar-refractivity contribution in [2.24, 2.45) is 10.1 Å².